The first-order valence-corrected chi connectivity index (χ1v) is 8.47. The zero-order chi connectivity index (χ0) is 17.9. The monoisotopic (exact) mass is 339 g/mol. The van der Waals surface area contributed by atoms with Crippen LogP contribution in [-0.2, 0) is 14.4 Å². The number of hydrogen-bond acceptors (Lipinski definition) is 4. The third-order valence-electron chi connectivity index (χ3n) is 5.06. The second-order valence-electron chi connectivity index (χ2n) is 6.70. The summed E-state index contributed by atoms with van der Waals surface area (Å²) in [7, 11) is 0. The fraction of sp³-hybridized carbons (Fsp3) is 0.750. The number of aliphatic carboxylic acids is 1. The van der Waals surface area contributed by atoms with E-state index in [1.807, 2.05) is 6.92 Å². The van der Waals surface area contributed by atoms with Crippen LogP contribution in [0, 0.1) is 5.92 Å². The quantitative estimate of drug-likeness (QED) is 0.595. The van der Waals surface area contributed by atoms with Gasteiger partial charge in [-0.25, -0.2) is 9.59 Å². The van der Waals surface area contributed by atoms with Crippen LogP contribution in [-0.4, -0.2) is 51.9 Å². The molecule has 0 aromatic carbocycles. The average molecular weight is 339 g/mol. The van der Waals surface area contributed by atoms with Crippen molar-refractivity contribution in [1.82, 2.24) is 15.5 Å². The molecule has 134 valence electrons. The molecule has 8 heteroatoms. The molecule has 2 atom stereocenters. The van der Waals surface area contributed by atoms with Gasteiger partial charge < -0.3 is 15.7 Å². The molecule has 24 heavy (non-hydrogen) atoms. The van der Waals surface area contributed by atoms with Gasteiger partial charge in [-0.2, -0.15) is 0 Å². The zero-order valence-electron chi connectivity index (χ0n) is 14.1. The molecule has 1 spiro atoms. The van der Waals surface area contributed by atoms with E-state index in [0.717, 1.165) is 17.7 Å². The Kier molecular flexibility index (Phi) is 5.46. The summed E-state index contributed by atoms with van der Waals surface area (Å²) in [5, 5.41) is 14.4. The van der Waals surface area contributed by atoms with E-state index in [1.165, 1.54) is 0 Å². The molecule has 0 aromatic heterocycles. The minimum Gasteiger partial charge on any atom is -0.480 e. The number of amides is 4. The molecule has 1 saturated carbocycles. The summed E-state index contributed by atoms with van der Waals surface area (Å²) < 4.78 is 0. The number of urea groups is 1. The number of rotatable bonds is 7. The first-order chi connectivity index (χ1) is 11.3. The van der Waals surface area contributed by atoms with Crippen molar-refractivity contribution in [2.45, 2.75) is 64.0 Å². The summed E-state index contributed by atoms with van der Waals surface area (Å²) in [5.74, 6) is -2.03. The molecule has 2 aliphatic rings. The van der Waals surface area contributed by atoms with E-state index >= 15 is 0 Å². The second kappa shape index (κ2) is 7.19. The number of hydrogen-bond donors (Lipinski definition) is 3. The predicted octanol–water partition coefficient (Wildman–Crippen LogP) is 0.857. The maximum atomic E-state index is 12.5. The van der Waals surface area contributed by atoms with Gasteiger partial charge in [-0.1, -0.05) is 33.1 Å². The topological polar surface area (TPSA) is 116 Å². The molecule has 1 aliphatic heterocycles. The molecule has 4 amide bonds. The van der Waals surface area contributed by atoms with Gasteiger partial charge in [-0.05, 0) is 18.8 Å². The summed E-state index contributed by atoms with van der Waals surface area (Å²) in [6, 6.07) is -1.43. The van der Waals surface area contributed by atoms with E-state index in [0.29, 0.717) is 19.3 Å². The van der Waals surface area contributed by atoms with Gasteiger partial charge in [-0.15, -0.1) is 0 Å². The smallest absolute Gasteiger partial charge is 0.326 e. The lowest BCUT2D eigenvalue weighted by Gasteiger charge is -2.21. The Morgan fingerprint density at radius 2 is 1.96 bits per heavy atom. The van der Waals surface area contributed by atoms with Gasteiger partial charge in [-0.3, -0.25) is 14.5 Å². The van der Waals surface area contributed by atoms with E-state index in [4.69, 9.17) is 0 Å². The minimum atomic E-state index is -1.09. The molecule has 1 heterocycles. The highest BCUT2D eigenvalue weighted by Crippen LogP contribution is 2.34. The molecule has 0 radical (unpaired) electrons. The Labute approximate surface area is 141 Å². The highest BCUT2D eigenvalue weighted by atomic mass is 16.4. The van der Waals surface area contributed by atoms with Gasteiger partial charge >= 0.3 is 12.0 Å². The number of carbonyl (C=O) groups is 4. The van der Waals surface area contributed by atoms with Crippen LogP contribution < -0.4 is 10.6 Å². The maximum absolute atomic E-state index is 12.5. The Hall–Kier alpha value is -2.12. The molecular weight excluding hydrogens is 314 g/mol. The van der Waals surface area contributed by atoms with Crippen molar-refractivity contribution in [1.29, 1.82) is 0 Å². The average Bonchev–Trinajstić information content (AvgIpc) is 3.09. The fourth-order valence-electron chi connectivity index (χ4n) is 3.34. The summed E-state index contributed by atoms with van der Waals surface area (Å²) >= 11 is 0. The molecular formula is C16H25N3O5. The minimum absolute atomic E-state index is 0.0366. The van der Waals surface area contributed by atoms with E-state index < -0.39 is 29.5 Å². The number of nitrogens with zero attached hydrogens (tertiary/aromatic N) is 1. The van der Waals surface area contributed by atoms with Crippen LogP contribution in [0.15, 0.2) is 0 Å². The molecule has 0 aromatic rings. The van der Waals surface area contributed by atoms with Crippen molar-refractivity contribution >= 4 is 23.8 Å². The summed E-state index contributed by atoms with van der Waals surface area (Å²) in [4.78, 5) is 48.8. The predicted molar refractivity (Wildman–Crippen MR) is 85.1 cm³/mol. The van der Waals surface area contributed by atoms with Gasteiger partial charge in [0.05, 0.1) is 0 Å². The SMILES string of the molecule is CC[C@H](C)[C@H](NC(=O)CCN1C(=O)NC2(CCCC2)C1=O)C(=O)O. The molecule has 0 unspecified atom stereocenters. The Morgan fingerprint density at radius 1 is 1.33 bits per heavy atom. The molecule has 3 N–H and O–H groups in total. The lowest BCUT2D eigenvalue weighted by molar-refractivity contribution is -0.143. The van der Waals surface area contributed by atoms with Crippen molar-refractivity contribution in [2.75, 3.05) is 6.54 Å². The van der Waals surface area contributed by atoms with Crippen LogP contribution in [0.1, 0.15) is 52.4 Å². The van der Waals surface area contributed by atoms with Crippen LogP contribution in [0.3, 0.4) is 0 Å². The molecule has 1 aliphatic carbocycles. The largest absolute Gasteiger partial charge is 0.480 e. The normalized spacial score (nSPS) is 21.7. The number of carbonyl (C=O) groups excluding carboxylic acids is 3. The molecule has 2 fully saturated rings. The lowest BCUT2D eigenvalue weighted by atomic mass is 9.98. The standard InChI is InChI=1S/C16H25N3O5/c1-3-10(2)12(13(21)22)17-11(20)6-9-19-14(23)16(18-15(19)24)7-4-5-8-16/h10,12H,3-9H2,1-2H3,(H,17,20)(H,18,24)(H,21,22)/t10-,12-/m0/s1. The van der Waals surface area contributed by atoms with Gasteiger partial charge in [0.2, 0.25) is 5.91 Å². The van der Waals surface area contributed by atoms with E-state index in [1.54, 1.807) is 6.92 Å². The first-order valence-electron chi connectivity index (χ1n) is 8.47. The van der Waals surface area contributed by atoms with Gasteiger partial charge in [0.15, 0.2) is 0 Å². The van der Waals surface area contributed by atoms with Gasteiger partial charge in [0.1, 0.15) is 11.6 Å². The van der Waals surface area contributed by atoms with Crippen LogP contribution in [0.2, 0.25) is 0 Å². The van der Waals surface area contributed by atoms with E-state index in [-0.39, 0.29) is 24.8 Å². The maximum Gasteiger partial charge on any atom is 0.326 e. The Morgan fingerprint density at radius 3 is 2.50 bits per heavy atom. The molecule has 8 nitrogen and oxygen atoms in total. The Bertz CT molecular complexity index is 542. The number of nitrogens with one attached hydrogen (secondary N) is 2. The van der Waals surface area contributed by atoms with Crippen molar-refractivity contribution in [3.63, 3.8) is 0 Å². The van der Waals surface area contributed by atoms with Crippen molar-refractivity contribution in [3.8, 4) is 0 Å². The van der Waals surface area contributed by atoms with Crippen LogP contribution in [0.4, 0.5) is 4.79 Å². The molecule has 0 bridgehead atoms. The van der Waals surface area contributed by atoms with Crippen LogP contribution in [0.25, 0.3) is 0 Å². The van der Waals surface area contributed by atoms with Gasteiger partial charge in [0, 0.05) is 13.0 Å². The number of imide groups is 1. The molecule has 2 rings (SSSR count). The van der Waals surface area contributed by atoms with Gasteiger partial charge in [0.25, 0.3) is 5.91 Å². The lowest BCUT2D eigenvalue weighted by Crippen LogP contribution is -2.46. The summed E-state index contributed by atoms with van der Waals surface area (Å²) in [5.41, 5.74) is -0.784. The van der Waals surface area contributed by atoms with Crippen molar-refractivity contribution in [3.05, 3.63) is 0 Å². The van der Waals surface area contributed by atoms with Crippen LogP contribution >= 0.6 is 0 Å². The highest BCUT2D eigenvalue weighted by molar-refractivity contribution is 6.07. The first kappa shape index (κ1) is 18.2. The molecule has 1 saturated heterocycles. The third-order valence-corrected chi connectivity index (χ3v) is 5.06. The number of carboxylic acids is 1. The highest BCUT2D eigenvalue weighted by Gasteiger charge is 2.52. The Balaban J connectivity index is 1.90. The summed E-state index contributed by atoms with van der Waals surface area (Å²) in [6.07, 6.45) is 3.58. The third kappa shape index (κ3) is 3.52. The van der Waals surface area contributed by atoms with Crippen molar-refractivity contribution < 1.29 is 24.3 Å². The van der Waals surface area contributed by atoms with Crippen LogP contribution in [0.5, 0.6) is 0 Å². The summed E-state index contributed by atoms with van der Waals surface area (Å²) in [6.45, 7) is 3.56. The second-order valence-corrected chi connectivity index (χ2v) is 6.70. The zero-order valence-corrected chi connectivity index (χ0v) is 14.1. The fourth-order valence-corrected chi connectivity index (χ4v) is 3.34. The van der Waals surface area contributed by atoms with Crippen molar-refractivity contribution in [2.24, 2.45) is 5.92 Å². The van der Waals surface area contributed by atoms with E-state index in [9.17, 15) is 24.3 Å². The van der Waals surface area contributed by atoms with E-state index in [2.05, 4.69) is 10.6 Å². The number of carboxylic acid groups (broad SMARTS) is 1.